The van der Waals surface area contributed by atoms with Crippen molar-refractivity contribution in [3.05, 3.63) is 71.9 Å². The summed E-state index contributed by atoms with van der Waals surface area (Å²) in [5.74, 6) is 0.643. The lowest BCUT2D eigenvalue weighted by Gasteiger charge is -1.98. The van der Waals surface area contributed by atoms with Crippen molar-refractivity contribution in [2.45, 2.75) is 13.8 Å². The normalized spacial score (nSPS) is 11.2. The fourth-order valence-electron chi connectivity index (χ4n) is 3.19. The van der Waals surface area contributed by atoms with E-state index in [-0.39, 0.29) is 0 Å². The fraction of sp³-hybridized carbons (Fsp3) is 0.0952. The molecule has 0 saturated carbocycles. The Morgan fingerprint density at radius 1 is 1.00 bits per heavy atom. The molecule has 0 bridgehead atoms. The minimum Gasteiger partial charge on any atom is -0.306 e. The lowest BCUT2D eigenvalue weighted by molar-refractivity contribution is 0.891. The molecule has 1 aromatic carbocycles. The largest absolute Gasteiger partial charge is 0.306 e. The first-order valence-electron chi connectivity index (χ1n) is 8.81. The lowest BCUT2D eigenvalue weighted by atomic mass is 10.1. The van der Waals surface area contributed by atoms with Gasteiger partial charge in [0.1, 0.15) is 5.65 Å². The number of aromatic nitrogens is 6. The first kappa shape index (κ1) is 16.1. The van der Waals surface area contributed by atoms with Crippen LogP contribution in [0.5, 0.6) is 0 Å². The summed E-state index contributed by atoms with van der Waals surface area (Å²) in [6, 6.07) is 13.5. The van der Waals surface area contributed by atoms with Gasteiger partial charge in [-0.2, -0.15) is 5.26 Å². The predicted molar refractivity (Wildman–Crippen MR) is 105 cm³/mol. The maximum atomic E-state index is 8.95. The van der Waals surface area contributed by atoms with E-state index < -0.39 is 0 Å². The summed E-state index contributed by atoms with van der Waals surface area (Å²) in [4.78, 5) is 13.7. The highest BCUT2D eigenvalue weighted by Gasteiger charge is 2.12. The van der Waals surface area contributed by atoms with E-state index in [4.69, 9.17) is 10.2 Å². The predicted octanol–water partition coefficient (Wildman–Crippen LogP) is 3.59. The molecule has 0 aliphatic heterocycles. The Morgan fingerprint density at radius 3 is 2.57 bits per heavy atom. The molecular formula is C21H15N7. The maximum Gasteiger partial charge on any atom is 0.182 e. The Labute approximate surface area is 160 Å². The van der Waals surface area contributed by atoms with Gasteiger partial charge in [-0.05, 0) is 38.1 Å². The van der Waals surface area contributed by atoms with E-state index in [2.05, 4.69) is 21.1 Å². The summed E-state index contributed by atoms with van der Waals surface area (Å²) in [5.41, 5.74) is 6.69. The van der Waals surface area contributed by atoms with Crippen molar-refractivity contribution in [2.75, 3.05) is 0 Å². The first-order valence-corrected chi connectivity index (χ1v) is 8.81. The molecule has 4 aromatic heterocycles. The molecular weight excluding hydrogens is 350 g/mol. The van der Waals surface area contributed by atoms with Crippen LogP contribution >= 0.6 is 0 Å². The Morgan fingerprint density at radius 2 is 1.82 bits per heavy atom. The zero-order valence-electron chi connectivity index (χ0n) is 15.3. The molecule has 0 amide bonds. The summed E-state index contributed by atoms with van der Waals surface area (Å²) >= 11 is 0. The van der Waals surface area contributed by atoms with E-state index in [0.717, 1.165) is 39.5 Å². The van der Waals surface area contributed by atoms with Crippen molar-refractivity contribution in [2.24, 2.45) is 0 Å². The number of pyridine rings is 1. The zero-order valence-corrected chi connectivity index (χ0v) is 15.3. The topological polar surface area (TPSA) is 84.2 Å². The van der Waals surface area contributed by atoms with Gasteiger partial charge in [0.05, 0.1) is 28.7 Å². The lowest BCUT2D eigenvalue weighted by Crippen LogP contribution is -1.97. The molecule has 0 saturated heterocycles. The number of nitrogens with zero attached hydrogens (tertiary/aromatic N) is 7. The average Bonchev–Trinajstić information content (AvgIpc) is 3.35. The van der Waals surface area contributed by atoms with Crippen LogP contribution in [0, 0.1) is 25.2 Å². The van der Waals surface area contributed by atoms with Crippen LogP contribution in [0.1, 0.15) is 17.0 Å². The Bertz CT molecular complexity index is 1350. The van der Waals surface area contributed by atoms with E-state index >= 15 is 0 Å². The van der Waals surface area contributed by atoms with Crippen LogP contribution in [0.2, 0.25) is 0 Å². The SMILES string of the molecule is Cc1ncc(C)n2nc(-c3ccn4cc(-c5ccc(C#N)cc5)nc4c3)nc12. The summed E-state index contributed by atoms with van der Waals surface area (Å²) in [6.45, 7) is 3.88. The number of benzene rings is 1. The third-order valence-corrected chi connectivity index (χ3v) is 4.74. The highest BCUT2D eigenvalue weighted by molar-refractivity contribution is 5.68. The van der Waals surface area contributed by atoms with Gasteiger partial charge in [0.2, 0.25) is 0 Å². The molecule has 28 heavy (non-hydrogen) atoms. The first-order chi connectivity index (χ1) is 13.6. The van der Waals surface area contributed by atoms with Gasteiger partial charge in [-0.15, -0.1) is 5.10 Å². The van der Waals surface area contributed by atoms with Crippen LogP contribution in [-0.2, 0) is 0 Å². The quantitative estimate of drug-likeness (QED) is 0.477. The van der Waals surface area contributed by atoms with Crippen LogP contribution in [0.3, 0.4) is 0 Å². The number of hydrogen-bond acceptors (Lipinski definition) is 5. The van der Waals surface area contributed by atoms with Crippen LogP contribution in [0.15, 0.2) is 55.0 Å². The maximum absolute atomic E-state index is 8.95. The second-order valence-corrected chi connectivity index (χ2v) is 6.65. The van der Waals surface area contributed by atoms with Gasteiger partial charge in [0, 0.05) is 29.7 Å². The smallest absolute Gasteiger partial charge is 0.182 e. The van der Waals surface area contributed by atoms with E-state index in [0.29, 0.717) is 11.4 Å². The molecule has 5 aromatic rings. The number of aryl methyl sites for hydroxylation is 2. The number of fused-ring (bicyclic) bond motifs is 2. The number of imidazole rings is 1. The molecule has 5 rings (SSSR count). The molecule has 0 aliphatic carbocycles. The van der Waals surface area contributed by atoms with Gasteiger partial charge in [0.25, 0.3) is 0 Å². The number of rotatable bonds is 2. The third-order valence-electron chi connectivity index (χ3n) is 4.74. The highest BCUT2D eigenvalue weighted by Crippen LogP contribution is 2.23. The van der Waals surface area contributed by atoms with E-state index in [9.17, 15) is 0 Å². The zero-order chi connectivity index (χ0) is 19.3. The van der Waals surface area contributed by atoms with Gasteiger partial charge in [-0.25, -0.2) is 14.5 Å². The van der Waals surface area contributed by atoms with E-state index in [1.165, 1.54) is 0 Å². The fourth-order valence-corrected chi connectivity index (χ4v) is 3.19. The second kappa shape index (κ2) is 5.99. The molecule has 0 spiro atoms. The molecule has 7 heteroatoms. The second-order valence-electron chi connectivity index (χ2n) is 6.65. The standard InChI is InChI=1S/C21H15N7/c1-13-11-23-14(2)21-25-20(26-28(13)21)17-7-8-27-12-18(24-19(27)9-17)16-5-3-15(10-22)4-6-16/h3-9,11-12H,1-2H3. The summed E-state index contributed by atoms with van der Waals surface area (Å²) < 4.78 is 3.78. The van der Waals surface area contributed by atoms with Crippen molar-refractivity contribution in [1.29, 1.82) is 5.26 Å². The van der Waals surface area contributed by atoms with Crippen LogP contribution in [0.25, 0.3) is 33.9 Å². The van der Waals surface area contributed by atoms with Crippen molar-refractivity contribution in [3.8, 4) is 28.7 Å². The van der Waals surface area contributed by atoms with E-state index in [1.54, 1.807) is 18.3 Å². The highest BCUT2D eigenvalue weighted by atomic mass is 15.3. The van der Waals surface area contributed by atoms with Gasteiger partial charge in [0.15, 0.2) is 11.5 Å². The van der Waals surface area contributed by atoms with Crippen LogP contribution in [0.4, 0.5) is 0 Å². The van der Waals surface area contributed by atoms with Crippen molar-refractivity contribution in [1.82, 2.24) is 29.0 Å². The van der Waals surface area contributed by atoms with Gasteiger partial charge in [-0.3, -0.25) is 4.98 Å². The minimum absolute atomic E-state index is 0.632. The molecule has 0 aliphatic rings. The molecule has 0 radical (unpaired) electrons. The van der Waals surface area contributed by atoms with Gasteiger partial charge in [-0.1, -0.05) is 12.1 Å². The summed E-state index contributed by atoms with van der Waals surface area (Å²) in [5, 5.41) is 13.6. The molecule has 134 valence electrons. The summed E-state index contributed by atoms with van der Waals surface area (Å²) in [7, 11) is 0. The molecule has 0 unspecified atom stereocenters. The number of hydrogen-bond donors (Lipinski definition) is 0. The molecule has 0 N–H and O–H groups in total. The monoisotopic (exact) mass is 365 g/mol. The van der Waals surface area contributed by atoms with Gasteiger partial charge < -0.3 is 4.40 Å². The Balaban J connectivity index is 1.59. The molecule has 7 nitrogen and oxygen atoms in total. The minimum atomic E-state index is 0.632. The van der Waals surface area contributed by atoms with Gasteiger partial charge >= 0.3 is 0 Å². The van der Waals surface area contributed by atoms with Crippen LogP contribution < -0.4 is 0 Å². The van der Waals surface area contributed by atoms with Crippen molar-refractivity contribution < 1.29 is 0 Å². The Kier molecular flexibility index (Phi) is 3.46. The molecule has 0 fully saturated rings. The van der Waals surface area contributed by atoms with E-state index in [1.807, 2.05) is 59.4 Å². The average molecular weight is 365 g/mol. The Hall–Kier alpha value is -4.05. The van der Waals surface area contributed by atoms with Crippen molar-refractivity contribution >= 4 is 11.3 Å². The number of nitriles is 1. The molecule has 4 heterocycles. The summed E-state index contributed by atoms with van der Waals surface area (Å²) in [6.07, 6.45) is 5.72. The third kappa shape index (κ3) is 2.51. The molecule has 0 atom stereocenters. The van der Waals surface area contributed by atoms with Crippen LogP contribution in [-0.4, -0.2) is 29.0 Å². The van der Waals surface area contributed by atoms with Crippen molar-refractivity contribution in [3.63, 3.8) is 0 Å².